The van der Waals surface area contributed by atoms with Gasteiger partial charge in [0.2, 0.25) is 0 Å². The van der Waals surface area contributed by atoms with E-state index in [0.717, 1.165) is 0 Å². The molecule has 1 heterocycles. The standard InChI is InChI=1S/C13H14S/c1-10(2)13-8-12(9-14-13)11-6-4-3-5-7-11/h3-10H,1-2H3. The van der Waals surface area contributed by atoms with Crippen LogP contribution in [-0.4, -0.2) is 0 Å². The van der Waals surface area contributed by atoms with Crippen molar-refractivity contribution in [3.05, 3.63) is 46.7 Å². The van der Waals surface area contributed by atoms with Crippen LogP contribution in [0.2, 0.25) is 0 Å². The predicted octanol–water partition coefficient (Wildman–Crippen LogP) is 4.54. The van der Waals surface area contributed by atoms with E-state index in [1.807, 2.05) is 11.3 Å². The van der Waals surface area contributed by atoms with Crippen LogP contribution in [0.5, 0.6) is 0 Å². The van der Waals surface area contributed by atoms with Gasteiger partial charge in [0.15, 0.2) is 0 Å². The Morgan fingerprint density at radius 3 is 2.29 bits per heavy atom. The van der Waals surface area contributed by atoms with Gasteiger partial charge in [-0.05, 0) is 28.5 Å². The van der Waals surface area contributed by atoms with Crippen molar-refractivity contribution in [1.82, 2.24) is 0 Å². The lowest BCUT2D eigenvalue weighted by Crippen LogP contribution is -1.78. The summed E-state index contributed by atoms with van der Waals surface area (Å²) in [6.45, 7) is 4.47. The molecule has 0 nitrogen and oxygen atoms in total. The van der Waals surface area contributed by atoms with E-state index in [1.54, 1.807) is 0 Å². The second-order valence-electron chi connectivity index (χ2n) is 3.76. The van der Waals surface area contributed by atoms with Crippen LogP contribution in [-0.2, 0) is 0 Å². The predicted molar refractivity (Wildman–Crippen MR) is 63.8 cm³/mol. The molecule has 0 aliphatic rings. The number of thiophene rings is 1. The summed E-state index contributed by atoms with van der Waals surface area (Å²) in [5.74, 6) is 0.637. The quantitative estimate of drug-likeness (QED) is 0.670. The molecule has 72 valence electrons. The average molecular weight is 202 g/mol. The van der Waals surface area contributed by atoms with Gasteiger partial charge in [0.25, 0.3) is 0 Å². The van der Waals surface area contributed by atoms with Crippen LogP contribution in [0, 0.1) is 0 Å². The minimum absolute atomic E-state index is 0.637. The molecule has 0 amide bonds. The first-order valence-corrected chi connectivity index (χ1v) is 5.79. The molecule has 0 spiro atoms. The second kappa shape index (κ2) is 3.97. The molecule has 0 saturated carbocycles. The first-order valence-electron chi connectivity index (χ1n) is 4.91. The molecule has 0 unspecified atom stereocenters. The fourth-order valence-electron chi connectivity index (χ4n) is 1.44. The summed E-state index contributed by atoms with van der Waals surface area (Å²) in [7, 11) is 0. The lowest BCUT2D eigenvalue weighted by molar-refractivity contribution is 0.890. The normalized spacial score (nSPS) is 10.8. The van der Waals surface area contributed by atoms with Crippen molar-refractivity contribution >= 4 is 11.3 Å². The van der Waals surface area contributed by atoms with Crippen molar-refractivity contribution < 1.29 is 0 Å². The zero-order valence-electron chi connectivity index (χ0n) is 8.53. The highest BCUT2D eigenvalue weighted by molar-refractivity contribution is 7.10. The van der Waals surface area contributed by atoms with Gasteiger partial charge in [-0.3, -0.25) is 0 Å². The molecule has 14 heavy (non-hydrogen) atoms. The van der Waals surface area contributed by atoms with Gasteiger partial charge in [0, 0.05) is 4.88 Å². The summed E-state index contributed by atoms with van der Waals surface area (Å²) in [4.78, 5) is 1.46. The van der Waals surface area contributed by atoms with Gasteiger partial charge >= 0.3 is 0 Å². The molecule has 2 rings (SSSR count). The smallest absolute Gasteiger partial charge is 0.00770 e. The van der Waals surface area contributed by atoms with E-state index < -0.39 is 0 Å². The number of hydrogen-bond acceptors (Lipinski definition) is 1. The van der Waals surface area contributed by atoms with Crippen molar-refractivity contribution in [3.8, 4) is 11.1 Å². The fraction of sp³-hybridized carbons (Fsp3) is 0.231. The van der Waals surface area contributed by atoms with Crippen molar-refractivity contribution in [1.29, 1.82) is 0 Å². The van der Waals surface area contributed by atoms with E-state index in [9.17, 15) is 0 Å². The Morgan fingerprint density at radius 2 is 1.71 bits per heavy atom. The lowest BCUT2D eigenvalue weighted by atomic mass is 10.1. The third-order valence-electron chi connectivity index (χ3n) is 2.30. The van der Waals surface area contributed by atoms with Crippen LogP contribution in [0.3, 0.4) is 0 Å². The van der Waals surface area contributed by atoms with Crippen LogP contribution < -0.4 is 0 Å². The highest BCUT2D eigenvalue weighted by atomic mass is 32.1. The third kappa shape index (κ3) is 1.88. The third-order valence-corrected chi connectivity index (χ3v) is 3.53. The first-order chi connectivity index (χ1) is 6.77. The minimum Gasteiger partial charge on any atom is -0.148 e. The number of hydrogen-bond donors (Lipinski definition) is 0. The molecule has 0 radical (unpaired) electrons. The molecule has 1 heteroatoms. The number of rotatable bonds is 2. The topological polar surface area (TPSA) is 0 Å². The van der Waals surface area contributed by atoms with E-state index >= 15 is 0 Å². The molecule has 1 aromatic carbocycles. The van der Waals surface area contributed by atoms with Gasteiger partial charge < -0.3 is 0 Å². The Morgan fingerprint density at radius 1 is 1.00 bits per heavy atom. The average Bonchev–Trinajstić information content (AvgIpc) is 2.68. The molecule has 2 aromatic rings. The van der Waals surface area contributed by atoms with Crippen LogP contribution in [0.4, 0.5) is 0 Å². The SMILES string of the molecule is CC(C)c1cc(-c2ccccc2)cs1. The molecule has 0 fully saturated rings. The Labute approximate surface area is 89.2 Å². The number of benzene rings is 1. The molecule has 0 N–H and O–H groups in total. The van der Waals surface area contributed by atoms with Gasteiger partial charge in [0.05, 0.1) is 0 Å². The van der Waals surface area contributed by atoms with Crippen molar-refractivity contribution in [2.75, 3.05) is 0 Å². The summed E-state index contributed by atoms with van der Waals surface area (Å²) >= 11 is 1.85. The van der Waals surface area contributed by atoms with Crippen LogP contribution in [0.1, 0.15) is 24.6 Å². The Balaban J connectivity index is 2.34. The monoisotopic (exact) mass is 202 g/mol. The largest absolute Gasteiger partial charge is 0.148 e. The van der Waals surface area contributed by atoms with E-state index in [4.69, 9.17) is 0 Å². The van der Waals surface area contributed by atoms with Gasteiger partial charge in [-0.1, -0.05) is 44.2 Å². The molecule has 0 saturated heterocycles. The maximum Gasteiger partial charge on any atom is 0.00770 e. The lowest BCUT2D eigenvalue weighted by Gasteiger charge is -1.98. The second-order valence-corrected chi connectivity index (χ2v) is 4.70. The summed E-state index contributed by atoms with van der Waals surface area (Å²) in [5, 5.41) is 2.24. The maximum absolute atomic E-state index is 2.30. The van der Waals surface area contributed by atoms with E-state index in [2.05, 4.69) is 55.6 Å². The summed E-state index contributed by atoms with van der Waals surface area (Å²) in [5.41, 5.74) is 2.66. The van der Waals surface area contributed by atoms with Gasteiger partial charge in [-0.15, -0.1) is 11.3 Å². The van der Waals surface area contributed by atoms with E-state index in [-0.39, 0.29) is 0 Å². The summed E-state index contributed by atoms with van der Waals surface area (Å²) < 4.78 is 0. The van der Waals surface area contributed by atoms with Crippen molar-refractivity contribution in [2.45, 2.75) is 19.8 Å². The van der Waals surface area contributed by atoms with Crippen LogP contribution >= 0.6 is 11.3 Å². The molecule has 0 aliphatic carbocycles. The zero-order valence-corrected chi connectivity index (χ0v) is 9.34. The Kier molecular flexibility index (Phi) is 2.69. The highest BCUT2D eigenvalue weighted by Crippen LogP contribution is 2.29. The van der Waals surface area contributed by atoms with Crippen LogP contribution in [0.15, 0.2) is 41.8 Å². The van der Waals surface area contributed by atoms with Crippen LogP contribution in [0.25, 0.3) is 11.1 Å². The van der Waals surface area contributed by atoms with Gasteiger partial charge in [0.1, 0.15) is 0 Å². The van der Waals surface area contributed by atoms with Crippen molar-refractivity contribution in [3.63, 3.8) is 0 Å². The van der Waals surface area contributed by atoms with E-state index in [1.165, 1.54) is 16.0 Å². The fourth-order valence-corrected chi connectivity index (χ4v) is 2.37. The molecular formula is C13H14S. The minimum atomic E-state index is 0.637. The summed E-state index contributed by atoms with van der Waals surface area (Å²) in [6.07, 6.45) is 0. The maximum atomic E-state index is 2.30. The highest BCUT2D eigenvalue weighted by Gasteiger charge is 2.04. The van der Waals surface area contributed by atoms with Crippen molar-refractivity contribution in [2.24, 2.45) is 0 Å². The summed E-state index contributed by atoms with van der Waals surface area (Å²) in [6, 6.07) is 12.8. The first kappa shape index (κ1) is 9.47. The molecule has 0 aliphatic heterocycles. The molecule has 1 aromatic heterocycles. The van der Waals surface area contributed by atoms with Gasteiger partial charge in [-0.2, -0.15) is 0 Å². The molecule has 0 bridgehead atoms. The van der Waals surface area contributed by atoms with Gasteiger partial charge in [-0.25, -0.2) is 0 Å². The zero-order chi connectivity index (χ0) is 9.97. The molecule has 0 atom stereocenters. The van der Waals surface area contributed by atoms with E-state index in [0.29, 0.717) is 5.92 Å². The molecular weight excluding hydrogens is 188 g/mol. The Hall–Kier alpha value is -1.08. The Bertz CT molecular complexity index is 398.